The highest BCUT2D eigenvalue weighted by molar-refractivity contribution is 5.95. The second-order valence-corrected chi connectivity index (χ2v) is 8.02. The van der Waals surface area contributed by atoms with Crippen molar-refractivity contribution >= 4 is 24.2 Å². The molecule has 0 bridgehead atoms. The van der Waals surface area contributed by atoms with E-state index in [-0.39, 0.29) is 50.6 Å². The molecule has 0 spiro atoms. The highest BCUT2D eigenvalue weighted by Gasteiger charge is 2.63. The highest BCUT2D eigenvalue weighted by Crippen LogP contribution is 2.50. The summed E-state index contributed by atoms with van der Waals surface area (Å²) in [5, 5.41) is 0. The van der Waals surface area contributed by atoms with Crippen molar-refractivity contribution in [2.45, 2.75) is 38.8 Å². The van der Waals surface area contributed by atoms with Gasteiger partial charge in [-0.1, -0.05) is 19.9 Å². The summed E-state index contributed by atoms with van der Waals surface area (Å²) in [6.07, 6.45) is 0.380. The van der Waals surface area contributed by atoms with Crippen molar-refractivity contribution in [3.63, 3.8) is 0 Å². The molecule has 2 fully saturated rings. The maximum absolute atomic E-state index is 13.9. The van der Waals surface area contributed by atoms with Gasteiger partial charge in [0.15, 0.2) is 0 Å². The number of hydrogen-bond acceptors (Lipinski definition) is 4. The lowest BCUT2D eigenvalue weighted by Crippen LogP contribution is -2.76. The highest BCUT2D eigenvalue weighted by atomic mass is 35.5. The van der Waals surface area contributed by atoms with Crippen LogP contribution in [0.4, 0.5) is 8.78 Å². The van der Waals surface area contributed by atoms with E-state index < -0.39 is 34.1 Å². The summed E-state index contributed by atoms with van der Waals surface area (Å²) in [5.41, 5.74) is 4.38. The van der Waals surface area contributed by atoms with E-state index in [9.17, 15) is 18.4 Å². The Balaban J connectivity index is 0.00000300. The zero-order chi connectivity index (χ0) is 20.7. The Morgan fingerprint density at radius 1 is 1.14 bits per heavy atom. The van der Waals surface area contributed by atoms with Crippen LogP contribution >= 0.6 is 12.4 Å². The number of nitrogens with two attached hydrogens (primary N) is 1. The second kappa shape index (κ2) is 8.53. The summed E-state index contributed by atoms with van der Waals surface area (Å²) in [7, 11) is 0. The van der Waals surface area contributed by atoms with E-state index in [0.29, 0.717) is 13.0 Å². The number of hydrogen-bond donors (Lipinski definition) is 1. The molecule has 9 heteroatoms. The summed E-state index contributed by atoms with van der Waals surface area (Å²) < 4.78 is 33.4. The smallest absolute Gasteiger partial charge is 0.259 e. The van der Waals surface area contributed by atoms with E-state index in [1.807, 2.05) is 20.8 Å². The van der Waals surface area contributed by atoms with E-state index in [0.717, 1.165) is 12.1 Å². The third-order valence-corrected chi connectivity index (χ3v) is 6.24. The van der Waals surface area contributed by atoms with Gasteiger partial charge >= 0.3 is 0 Å². The fourth-order valence-electron chi connectivity index (χ4n) is 4.05. The van der Waals surface area contributed by atoms with Gasteiger partial charge in [0.25, 0.3) is 5.91 Å². The molecule has 1 aliphatic heterocycles. The minimum atomic E-state index is -1.02. The van der Waals surface area contributed by atoms with Gasteiger partial charge in [0.05, 0.1) is 6.10 Å². The molecule has 2 amide bonds. The number of piperazine rings is 1. The number of carbonyl (C=O) groups is 2. The molecule has 2 N–H and O–H groups in total. The van der Waals surface area contributed by atoms with Crippen LogP contribution in [0.5, 0.6) is 0 Å². The van der Waals surface area contributed by atoms with Crippen molar-refractivity contribution in [2.24, 2.45) is 11.1 Å². The first-order valence-electron chi connectivity index (χ1n) is 9.56. The lowest BCUT2D eigenvalue weighted by Gasteiger charge is -2.59. The number of halogens is 3. The molecular weight excluding hydrogens is 404 g/mol. The molecule has 29 heavy (non-hydrogen) atoms. The molecule has 2 aliphatic rings. The molecule has 1 saturated heterocycles. The van der Waals surface area contributed by atoms with Crippen molar-refractivity contribution in [1.29, 1.82) is 0 Å². The topological polar surface area (TPSA) is 75.9 Å². The van der Waals surface area contributed by atoms with Gasteiger partial charge in [-0.2, -0.15) is 0 Å². The third-order valence-electron chi connectivity index (χ3n) is 6.24. The normalized spacial score (nSPS) is 25.8. The fourth-order valence-corrected chi connectivity index (χ4v) is 4.05. The molecule has 6 nitrogen and oxygen atoms in total. The summed E-state index contributed by atoms with van der Waals surface area (Å²) in [6, 6.07) is 3.33. The average Bonchev–Trinajstić information content (AvgIpc) is 2.67. The average molecular weight is 432 g/mol. The standard InChI is InChI=1S/C20H27F2N3O3.ClH/c1-4-28-15-12-20(23,19(15,2)3)18(27)25-10-8-24(9-11-25)17(26)16-13(21)6-5-7-14(16)22;/h5-7,15H,4,8-12,23H2,1-3H3;1H. The van der Waals surface area contributed by atoms with Crippen LogP contribution in [0.25, 0.3) is 0 Å². The second-order valence-electron chi connectivity index (χ2n) is 8.02. The summed E-state index contributed by atoms with van der Waals surface area (Å²) >= 11 is 0. The monoisotopic (exact) mass is 431 g/mol. The largest absolute Gasteiger partial charge is 0.378 e. The first-order chi connectivity index (χ1) is 13.1. The van der Waals surface area contributed by atoms with E-state index >= 15 is 0 Å². The molecule has 2 atom stereocenters. The van der Waals surface area contributed by atoms with Crippen LogP contribution in [-0.4, -0.2) is 66.0 Å². The van der Waals surface area contributed by atoms with Crippen molar-refractivity contribution in [2.75, 3.05) is 32.8 Å². The summed E-state index contributed by atoms with van der Waals surface area (Å²) in [4.78, 5) is 28.5. The van der Waals surface area contributed by atoms with Crippen LogP contribution in [0.15, 0.2) is 18.2 Å². The van der Waals surface area contributed by atoms with Gasteiger partial charge in [0.2, 0.25) is 5.91 Å². The van der Waals surface area contributed by atoms with E-state index in [2.05, 4.69) is 0 Å². The van der Waals surface area contributed by atoms with Gasteiger partial charge in [0.1, 0.15) is 22.7 Å². The molecular formula is C20H28ClF2N3O3. The van der Waals surface area contributed by atoms with Crippen LogP contribution in [-0.2, 0) is 9.53 Å². The van der Waals surface area contributed by atoms with E-state index in [1.165, 1.54) is 11.0 Å². The van der Waals surface area contributed by atoms with Gasteiger partial charge in [0, 0.05) is 44.6 Å². The van der Waals surface area contributed by atoms with Crippen LogP contribution < -0.4 is 5.73 Å². The Bertz CT molecular complexity index is 764. The van der Waals surface area contributed by atoms with Gasteiger partial charge < -0.3 is 20.3 Å². The number of carbonyl (C=O) groups excluding carboxylic acids is 2. The number of benzene rings is 1. The van der Waals surface area contributed by atoms with E-state index in [4.69, 9.17) is 10.5 Å². The molecule has 2 unspecified atom stereocenters. The molecule has 0 aromatic heterocycles. The SMILES string of the molecule is CCOC1CC(N)(C(=O)N2CCN(C(=O)c3c(F)cccc3F)CC2)C1(C)C.Cl. The quantitative estimate of drug-likeness (QED) is 0.793. The molecule has 162 valence electrons. The van der Waals surface area contributed by atoms with Crippen LogP contribution in [0, 0.1) is 17.0 Å². The zero-order valence-electron chi connectivity index (χ0n) is 16.9. The first-order valence-corrected chi connectivity index (χ1v) is 9.56. The number of nitrogens with zero attached hydrogens (tertiary/aromatic N) is 2. The Morgan fingerprint density at radius 2 is 1.66 bits per heavy atom. The van der Waals surface area contributed by atoms with Crippen molar-refractivity contribution in [1.82, 2.24) is 9.80 Å². The number of ether oxygens (including phenoxy) is 1. The zero-order valence-corrected chi connectivity index (χ0v) is 17.7. The summed E-state index contributed by atoms with van der Waals surface area (Å²) in [5.74, 6) is -2.65. The predicted octanol–water partition coefficient (Wildman–Crippen LogP) is 2.20. The minimum Gasteiger partial charge on any atom is -0.378 e. The maximum Gasteiger partial charge on any atom is 0.259 e. The molecule has 1 aromatic rings. The van der Waals surface area contributed by atoms with Gasteiger partial charge in [-0.05, 0) is 19.1 Å². The van der Waals surface area contributed by atoms with Crippen molar-refractivity contribution in [3.05, 3.63) is 35.4 Å². The number of amides is 2. The Labute approximate surface area is 175 Å². The maximum atomic E-state index is 13.9. The van der Waals surface area contributed by atoms with Gasteiger partial charge in [-0.3, -0.25) is 9.59 Å². The molecule has 1 aromatic carbocycles. The Morgan fingerprint density at radius 3 is 2.14 bits per heavy atom. The van der Waals surface area contributed by atoms with Gasteiger partial charge in [-0.25, -0.2) is 8.78 Å². The summed E-state index contributed by atoms with van der Waals surface area (Å²) in [6.45, 7) is 7.26. The molecule has 0 radical (unpaired) electrons. The Kier molecular flexibility index (Phi) is 6.92. The van der Waals surface area contributed by atoms with Crippen LogP contribution in [0.2, 0.25) is 0 Å². The van der Waals surface area contributed by atoms with Crippen LogP contribution in [0.3, 0.4) is 0 Å². The first kappa shape index (κ1) is 23.5. The Hall–Kier alpha value is -1.77. The van der Waals surface area contributed by atoms with Crippen molar-refractivity contribution in [3.8, 4) is 0 Å². The number of rotatable bonds is 4. The van der Waals surface area contributed by atoms with Crippen molar-refractivity contribution < 1.29 is 23.1 Å². The van der Waals surface area contributed by atoms with Gasteiger partial charge in [-0.15, -0.1) is 12.4 Å². The minimum absolute atomic E-state index is 0. The third kappa shape index (κ3) is 3.85. The fraction of sp³-hybridized carbons (Fsp3) is 0.600. The lowest BCUT2D eigenvalue weighted by molar-refractivity contribution is -0.180. The lowest BCUT2D eigenvalue weighted by atomic mass is 9.54. The molecule has 1 aliphatic carbocycles. The molecule has 1 saturated carbocycles. The van der Waals surface area contributed by atoms with Crippen LogP contribution in [0.1, 0.15) is 37.6 Å². The molecule has 1 heterocycles. The predicted molar refractivity (Wildman–Crippen MR) is 107 cm³/mol. The molecule has 3 rings (SSSR count). The van der Waals surface area contributed by atoms with E-state index in [1.54, 1.807) is 4.90 Å².